The summed E-state index contributed by atoms with van der Waals surface area (Å²) in [7, 11) is 0. The maximum absolute atomic E-state index is 13.5. The minimum absolute atomic E-state index is 0.349. The van der Waals surface area contributed by atoms with Crippen molar-refractivity contribution in [3.63, 3.8) is 0 Å². The van der Waals surface area contributed by atoms with Gasteiger partial charge in [-0.3, -0.25) is 4.79 Å². The van der Waals surface area contributed by atoms with Gasteiger partial charge in [0.1, 0.15) is 11.6 Å². The van der Waals surface area contributed by atoms with E-state index in [0.717, 1.165) is 28.8 Å². The monoisotopic (exact) mass is 459 g/mol. The first-order chi connectivity index (χ1) is 16.4. The van der Waals surface area contributed by atoms with Crippen LogP contribution in [0.3, 0.4) is 0 Å². The Kier molecular flexibility index (Phi) is 6.77. The van der Waals surface area contributed by atoms with Gasteiger partial charge in [-0.1, -0.05) is 30.3 Å². The predicted octanol–water partition coefficient (Wildman–Crippen LogP) is 5.11. The molecular weight excluding hydrogens is 436 g/mol. The van der Waals surface area contributed by atoms with Crippen LogP contribution >= 0.6 is 0 Å². The lowest BCUT2D eigenvalue weighted by Crippen LogP contribution is -2.27. The van der Waals surface area contributed by atoms with Gasteiger partial charge in [-0.05, 0) is 60.0 Å². The first kappa shape index (κ1) is 22.8. The summed E-state index contributed by atoms with van der Waals surface area (Å²) < 4.78 is 26.8. The summed E-state index contributed by atoms with van der Waals surface area (Å²) in [6.45, 7) is 2.16. The Morgan fingerprint density at radius 1 is 0.971 bits per heavy atom. The third kappa shape index (κ3) is 5.35. The zero-order valence-electron chi connectivity index (χ0n) is 18.4. The van der Waals surface area contributed by atoms with Crippen molar-refractivity contribution < 1.29 is 13.6 Å². The number of pyridine rings is 2. The molecule has 0 aliphatic rings. The number of hydrogen-bond acceptors (Lipinski definition) is 5. The van der Waals surface area contributed by atoms with Gasteiger partial charge in [0.05, 0.1) is 11.6 Å². The van der Waals surface area contributed by atoms with Crippen LogP contribution in [0, 0.1) is 11.6 Å². The van der Waals surface area contributed by atoms with Crippen LogP contribution in [0.5, 0.6) is 0 Å². The van der Waals surface area contributed by atoms with E-state index in [1.54, 1.807) is 37.5 Å². The molecule has 8 heteroatoms. The Labute approximate surface area is 195 Å². The van der Waals surface area contributed by atoms with Crippen LogP contribution in [0.1, 0.15) is 34.5 Å². The summed E-state index contributed by atoms with van der Waals surface area (Å²) in [6, 6.07) is 17.9. The van der Waals surface area contributed by atoms with Gasteiger partial charge in [-0.25, -0.2) is 18.7 Å². The first-order valence-corrected chi connectivity index (χ1v) is 10.7. The van der Waals surface area contributed by atoms with Gasteiger partial charge in [0.25, 0.3) is 5.91 Å². The summed E-state index contributed by atoms with van der Waals surface area (Å²) in [5.74, 6) is -1.37. The Morgan fingerprint density at radius 3 is 2.44 bits per heavy atom. The standard InChI is InChI=1S/C26H23F2N5O/c1-16(19-8-10-22(27)23(28)13-19)33-26(34)21-3-2-12-30-25(21)32-14-17-4-6-18(7-5-17)20-9-11-24(29)31-15-20/h2-13,15-16H,14H2,1H3,(H2,29,31)(H,30,32)(H,33,34). The van der Waals surface area contributed by atoms with Crippen LogP contribution in [0.25, 0.3) is 11.1 Å². The van der Waals surface area contributed by atoms with Crippen molar-refractivity contribution in [1.82, 2.24) is 15.3 Å². The van der Waals surface area contributed by atoms with Crippen LogP contribution in [0.15, 0.2) is 79.1 Å². The molecule has 34 heavy (non-hydrogen) atoms. The third-order valence-electron chi connectivity index (χ3n) is 5.38. The normalized spacial score (nSPS) is 11.6. The molecule has 6 nitrogen and oxygen atoms in total. The number of amides is 1. The Bertz CT molecular complexity index is 1290. The number of benzene rings is 2. The number of nitrogen functional groups attached to an aromatic ring is 1. The maximum atomic E-state index is 13.5. The van der Waals surface area contributed by atoms with Crippen LogP contribution in [-0.2, 0) is 6.54 Å². The second-order valence-electron chi connectivity index (χ2n) is 7.79. The van der Waals surface area contributed by atoms with Crippen molar-refractivity contribution >= 4 is 17.5 Å². The van der Waals surface area contributed by atoms with Crippen LogP contribution < -0.4 is 16.4 Å². The quantitative estimate of drug-likeness (QED) is 0.357. The molecule has 0 bridgehead atoms. The number of hydrogen-bond donors (Lipinski definition) is 3. The molecule has 0 radical (unpaired) electrons. The first-order valence-electron chi connectivity index (χ1n) is 10.7. The summed E-state index contributed by atoms with van der Waals surface area (Å²) in [6.07, 6.45) is 3.32. The number of carbonyl (C=O) groups is 1. The number of nitrogens with two attached hydrogens (primary N) is 1. The molecule has 2 heterocycles. The number of aromatic nitrogens is 2. The van der Waals surface area contributed by atoms with Gasteiger partial charge in [0.2, 0.25) is 0 Å². The number of anilines is 2. The molecule has 2 aromatic carbocycles. The van der Waals surface area contributed by atoms with E-state index in [-0.39, 0.29) is 5.91 Å². The van der Waals surface area contributed by atoms with Crippen LogP contribution in [-0.4, -0.2) is 15.9 Å². The number of halogens is 2. The SMILES string of the molecule is CC(NC(=O)c1cccnc1NCc1ccc(-c2ccc(N)nc2)cc1)c1ccc(F)c(F)c1. The zero-order valence-corrected chi connectivity index (χ0v) is 18.4. The summed E-state index contributed by atoms with van der Waals surface area (Å²) in [4.78, 5) is 21.3. The van der Waals surface area contributed by atoms with E-state index >= 15 is 0 Å². The van der Waals surface area contributed by atoms with E-state index in [0.29, 0.717) is 29.3 Å². The minimum Gasteiger partial charge on any atom is -0.384 e. The van der Waals surface area contributed by atoms with E-state index in [1.165, 1.54) is 6.07 Å². The molecule has 0 spiro atoms. The topological polar surface area (TPSA) is 92.9 Å². The van der Waals surface area contributed by atoms with E-state index in [9.17, 15) is 13.6 Å². The van der Waals surface area contributed by atoms with Crippen LogP contribution in [0.4, 0.5) is 20.4 Å². The van der Waals surface area contributed by atoms with Crippen molar-refractivity contribution in [3.05, 3.63) is 107 Å². The van der Waals surface area contributed by atoms with Crippen molar-refractivity contribution in [2.24, 2.45) is 0 Å². The van der Waals surface area contributed by atoms with Crippen LogP contribution in [0.2, 0.25) is 0 Å². The highest BCUT2D eigenvalue weighted by molar-refractivity contribution is 5.98. The second kappa shape index (κ2) is 10.1. The predicted molar refractivity (Wildman–Crippen MR) is 128 cm³/mol. The largest absolute Gasteiger partial charge is 0.384 e. The molecule has 1 atom stereocenters. The van der Waals surface area contributed by atoms with Crippen molar-refractivity contribution in [2.45, 2.75) is 19.5 Å². The molecule has 172 valence electrons. The summed E-state index contributed by atoms with van der Waals surface area (Å²) in [5.41, 5.74) is 9.43. The van der Waals surface area contributed by atoms with Gasteiger partial charge in [-0.2, -0.15) is 0 Å². The van der Waals surface area contributed by atoms with Crippen molar-refractivity contribution in [2.75, 3.05) is 11.1 Å². The molecule has 0 aliphatic carbocycles. The van der Waals surface area contributed by atoms with Gasteiger partial charge in [0.15, 0.2) is 11.6 Å². The lowest BCUT2D eigenvalue weighted by molar-refractivity contribution is 0.0940. The fourth-order valence-electron chi connectivity index (χ4n) is 3.45. The number of nitrogens with zero attached hydrogens (tertiary/aromatic N) is 2. The van der Waals surface area contributed by atoms with E-state index in [4.69, 9.17) is 5.73 Å². The van der Waals surface area contributed by atoms with Gasteiger partial charge in [-0.15, -0.1) is 0 Å². The Hall–Kier alpha value is -4.33. The van der Waals surface area contributed by atoms with Gasteiger partial charge in [0, 0.05) is 24.5 Å². The lowest BCUT2D eigenvalue weighted by Gasteiger charge is -2.16. The van der Waals surface area contributed by atoms with E-state index < -0.39 is 17.7 Å². The minimum atomic E-state index is -0.957. The fourth-order valence-corrected chi connectivity index (χ4v) is 3.45. The van der Waals surface area contributed by atoms with Crippen molar-refractivity contribution in [1.29, 1.82) is 0 Å². The lowest BCUT2D eigenvalue weighted by atomic mass is 10.1. The summed E-state index contributed by atoms with van der Waals surface area (Å²) in [5, 5.41) is 6.00. The molecule has 0 fully saturated rings. The molecule has 0 saturated heterocycles. The highest BCUT2D eigenvalue weighted by Crippen LogP contribution is 2.21. The maximum Gasteiger partial charge on any atom is 0.255 e. The molecule has 0 saturated carbocycles. The molecule has 1 amide bonds. The fraction of sp³-hybridized carbons (Fsp3) is 0.115. The molecule has 0 aliphatic heterocycles. The number of nitrogens with one attached hydrogen (secondary N) is 2. The summed E-state index contributed by atoms with van der Waals surface area (Å²) >= 11 is 0. The van der Waals surface area contributed by atoms with Gasteiger partial charge >= 0.3 is 0 Å². The second-order valence-corrected chi connectivity index (χ2v) is 7.79. The van der Waals surface area contributed by atoms with E-state index in [2.05, 4.69) is 20.6 Å². The molecule has 4 rings (SSSR count). The highest BCUT2D eigenvalue weighted by Gasteiger charge is 2.17. The molecule has 4 N–H and O–H groups in total. The smallest absolute Gasteiger partial charge is 0.255 e. The average molecular weight is 460 g/mol. The molecule has 1 unspecified atom stereocenters. The Balaban J connectivity index is 1.42. The third-order valence-corrected chi connectivity index (χ3v) is 5.38. The Morgan fingerprint density at radius 2 is 1.74 bits per heavy atom. The molecule has 2 aromatic heterocycles. The van der Waals surface area contributed by atoms with Gasteiger partial charge < -0.3 is 16.4 Å². The number of rotatable bonds is 7. The average Bonchev–Trinajstić information content (AvgIpc) is 2.85. The molecular formula is C26H23F2N5O. The molecule has 4 aromatic rings. The highest BCUT2D eigenvalue weighted by atomic mass is 19.2. The zero-order chi connectivity index (χ0) is 24.1. The van der Waals surface area contributed by atoms with E-state index in [1.807, 2.05) is 30.3 Å². The van der Waals surface area contributed by atoms with Crippen molar-refractivity contribution in [3.8, 4) is 11.1 Å². The number of carbonyl (C=O) groups excluding carboxylic acids is 1.